The van der Waals surface area contributed by atoms with Gasteiger partial charge in [0.25, 0.3) is 0 Å². The van der Waals surface area contributed by atoms with Gasteiger partial charge in [0.1, 0.15) is 16.5 Å². The first kappa shape index (κ1) is 24.8. The molecule has 3 N–H and O–H groups in total. The second-order valence-electron chi connectivity index (χ2n) is 8.66. The van der Waals surface area contributed by atoms with Crippen molar-refractivity contribution in [3.8, 4) is 16.9 Å². The Morgan fingerprint density at radius 2 is 1.77 bits per heavy atom. The molecule has 6 nitrogen and oxygen atoms in total. The van der Waals surface area contributed by atoms with Crippen LogP contribution in [0.5, 0.6) is 5.75 Å². The Kier molecular flexibility index (Phi) is 8.10. The SMILES string of the molecule is COc1ccccc1-c1ccc(C[C@H](NC(=O)C2(Sc3ccccc3)CCCNC2)C(=O)O)cc1. The molecular weight excluding hydrogens is 460 g/mol. The van der Waals surface area contributed by atoms with Crippen molar-refractivity contribution < 1.29 is 19.4 Å². The summed E-state index contributed by atoms with van der Waals surface area (Å²) >= 11 is 1.50. The van der Waals surface area contributed by atoms with E-state index in [0.29, 0.717) is 13.0 Å². The zero-order valence-electron chi connectivity index (χ0n) is 19.7. The lowest BCUT2D eigenvalue weighted by Crippen LogP contribution is -2.57. The maximum Gasteiger partial charge on any atom is 0.326 e. The number of para-hydroxylation sites is 1. The Balaban J connectivity index is 1.49. The molecule has 4 rings (SSSR count). The molecule has 0 aromatic heterocycles. The van der Waals surface area contributed by atoms with Crippen LogP contribution in [0.3, 0.4) is 0 Å². The van der Waals surface area contributed by atoms with Crippen LogP contribution >= 0.6 is 11.8 Å². The maximum absolute atomic E-state index is 13.5. The summed E-state index contributed by atoms with van der Waals surface area (Å²) in [5.74, 6) is -0.509. The normalized spacial score (nSPS) is 18.4. The number of carbonyl (C=O) groups excluding carboxylic acids is 1. The number of hydrogen-bond donors (Lipinski definition) is 3. The summed E-state index contributed by atoms with van der Waals surface area (Å²) in [6.07, 6.45) is 1.74. The number of methoxy groups -OCH3 is 1. The van der Waals surface area contributed by atoms with Crippen molar-refractivity contribution in [1.29, 1.82) is 0 Å². The molecule has 2 atom stereocenters. The molecule has 1 aliphatic heterocycles. The number of carbonyl (C=O) groups is 2. The molecule has 3 aromatic rings. The lowest BCUT2D eigenvalue weighted by molar-refractivity contribution is -0.142. The van der Waals surface area contributed by atoms with Crippen molar-refractivity contribution in [3.05, 3.63) is 84.4 Å². The first-order chi connectivity index (χ1) is 17.0. The first-order valence-electron chi connectivity index (χ1n) is 11.7. The van der Waals surface area contributed by atoms with Crippen molar-refractivity contribution in [2.24, 2.45) is 0 Å². The van der Waals surface area contributed by atoms with Gasteiger partial charge >= 0.3 is 5.97 Å². The molecule has 7 heteroatoms. The molecule has 1 aliphatic rings. The van der Waals surface area contributed by atoms with Gasteiger partial charge < -0.3 is 20.5 Å². The minimum Gasteiger partial charge on any atom is -0.496 e. The van der Waals surface area contributed by atoms with Gasteiger partial charge in [0.15, 0.2) is 0 Å². The van der Waals surface area contributed by atoms with Gasteiger partial charge in [0.2, 0.25) is 5.91 Å². The molecule has 1 saturated heterocycles. The Bertz CT molecular complexity index is 1150. The average Bonchev–Trinajstić information content (AvgIpc) is 2.89. The summed E-state index contributed by atoms with van der Waals surface area (Å²) < 4.78 is 4.70. The number of nitrogens with one attached hydrogen (secondary N) is 2. The molecule has 1 amide bonds. The fourth-order valence-corrected chi connectivity index (χ4v) is 5.66. The molecular formula is C28H30N2O4S. The van der Waals surface area contributed by atoms with Gasteiger partial charge in [-0.3, -0.25) is 4.79 Å². The van der Waals surface area contributed by atoms with E-state index in [2.05, 4.69) is 10.6 Å². The molecule has 1 fully saturated rings. The van der Waals surface area contributed by atoms with E-state index in [1.54, 1.807) is 7.11 Å². The summed E-state index contributed by atoms with van der Waals surface area (Å²) in [5.41, 5.74) is 2.78. The fraction of sp³-hybridized carbons (Fsp3) is 0.286. The maximum atomic E-state index is 13.5. The molecule has 1 unspecified atom stereocenters. The van der Waals surface area contributed by atoms with Crippen LogP contribution in [-0.2, 0) is 16.0 Å². The highest BCUT2D eigenvalue weighted by molar-refractivity contribution is 8.01. The third kappa shape index (κ3) is 6.05. The lowest BCUT2D eigenvalue weighted by Gasteiger charge is -2.36. The van der Waals surface area contributed by atoms with Gasteiger partial charge in [-0.15, -0.1) is 11.8 Å². The van der Waals surface area contributed by atoms with Gasteiger partial charge in [-0.2, -0.15) is 0 Å². The Hall–Kier alpha value is -3.29. The summed E-state index contributed by atoms with van der Waals surface area (Å²) in [4.78, 5) is 26.6. The van der Waals surface area contributed by atoms with Crippen LogP contribution in [0.1, 0.15) is 18.4 Å². The van der Waals surface area contributed by atoms with Crippen LogP contribution < -0.4 is 15.4 Å². The number of rotatable bonds is 9. The smallest absolute Gasteiger partial charge is 0.326 e. The quantitative estimate of drug-likeness (QED) is 0.412. The van der Waals surface area contributed by atoms with E-state index < -0.39 is 16.8 Å². The number of benzene rings is 3. The molecule has 1 heterocycles. The third-order valence-electron chi connectivity index (χ3n) is 6.23. The molecule has 3 aromatic carbocycles. The molecule has 182 valence electrons. The topological polar surface area (TPSA) is 87.7 Å². The second-order valence-corrected chi connectivity index (χ2v) is 10.1. The van der Waals surface area contributed by atoms with Gasteiger partial charge in [-0.05, 0) is 48.7 Å². The summed E-state index contributed by atoms with van der Waals surface area (Å²) in [7, 11) is 1.64. The predicted octanol–water partition coefficient (Wildman–Crippen LogP) is 4.39. The van der Waals surface area contributed by atoms with E-state index in [9.17, 15) is 14.7 Å². The van der Waals surface area contributed by atoms with Crippen molar-refractivity contribution in [2.45, 2.75) is 34.9 Å². The van der Waals surface area contributed by atoms with Crippen LogP contribution in [-0.4, -0.2) is 48.0 Å². The highest BCUT2D eigenvalue weighted by atomic mass is 32.2. The number of aliphatic carboxylic acids is 1. The van der Waals surface area contributed by atoms with Gasteiger partial charge in [0, 0.05) is 23.4 Å². The van der Waals surface area contributed by atoms with Crippen molar-refractivity contribution in [2.75, 3.05) is 20.2 Å². The lowest BCUT2D eigenvalue weighted by atomic mass is 9.96. The minimum absolute atomic E-state index is 0.201. The standard InChI is InChI=1S/C28H30N2O4S/c1-34-25-11-6-5-10-23(25)21-14-12-20(13-15-21)18-24(26(31)32)30-27(33)28(16-7-17-29-19-28)35-22-8-3-2-4-9-22/h2-6,8-15,24,29H,7,16-19H2,1H3,(H,30,33)(H,31,32)/t24-,28?/m0/s1. The fourth-order valence-electron chi connectivity index (χ4n) is 4.35. The van der Waals surface area contributed by atoms with E-state index in [0.717, 1.165) is 40.3 Å². The molecule has 0 aliphatic carbocycles. The molecule has 35 heavy (non-hydrogen) atoms. The van der Waals surface area contributed by atoms with Crippen LogP contribution in [0.25, 0.3) is 11.1 Å². The first-order valence-corrected chi connectivity index (χ1v) is 12.5. The van der Waals surface area contributed by atoms with Crippen LogP contribution in [0, 0.1) is 0 Å². The Labute approximate surface area is 210 Å². The molecule has 0 radical (unpaired) electrons. The number of thioether (sulfide) groups is 1. The van der Waals surface area contributed by atoms with Gasteiger partial charge in [-0.1, -0.05) is 60.7 Å². The number of hydrogen-bond acceptors (Lipinski definition) is 5. The minimum atomic E-state index is -1.05. The Morgan fingerprint density at radius 3 is 2.43 bits per heavy atom. The van der Waals surface area contributed by atoms with E-state index >= 15 is 0 Å². The van der Waals surface area contributed by atoms with E-state index in [1.807, 2.05) is 78.9 Å². The summed E-state index contributed by atoms with van der Waals surface area (Å²) in [6.45, 7) is 1.35. The average molecular weight is 491 g/mol. The zero-order chi connectivity index (χ0) is 24.7. The highest BCUT2D eigenvalue weighted by Crippen LogP contribution is 2.38. The van der Waals surface area contributed by atoms with Crippen LogP contribution in [0.15, 0.2) is 83.8 Å². The van der Waals surface area contributed by atoms with Crippen LogP contribution in [0.4, 0.5) is 0 Å². The number of amides is 1. The summed E-state index contributed by atoms with van der Waals surface area (Å²) in [5, 5.41) is 16.1. The molecule has 0 spiro atoms. The van der Waals surface area contributed by atoms with E-state index in [4.69, 9.17) is 4.74 Å². The highest BCUT2D eigenvalue weighted by Gasteiger charge is 2.42. The number of carboxylic acid groups (broad SMARTS) is 1. The van der Waals surface area contributed by atoms with Crippen molar-refractivity contribution in [3.63, 3.8) is 0 Å². The Morgan fingerprint density at radius 1 is 1.06 bits per heavy atom. The van der Waals surface area contributed by atoms with Gasteiger partial charge in [-0.25, -0.2) is 4.79 Å². The van der Waals surface area contributed by atoms with Crippen molar-refractivity contribution in [1.82, 2.24) is 10.6 Å². The molecule has 0 saturated carbocycles. The van der Waals surface area contributed by atoms with Crippen LogP contribution in [0.2, 0.25) is 0 Å². The largest absolute Gasteiger partial charge is 0.496 e. The van der Waals surface area contributed by atoms with Gasteiger partial charge in [0.05, 0.1) is 7.11 Å². The monoisotopic (exact) mass is 490 g/mol. The van der Waals surface area contributed by atoms with E-state index in [-0.39, 0.29) is 12.3 Å². The van der Waals surface area contributed by atoms with Crippen molar-refractivity contribution >= 4 is 23.6 Å². The summed E-state index contributed by atoms with van der Waals surface area (Å²) in [6, 6.07) is 24.2. The number of ether oxygens (including phenoxy) is 1. The second kappa shape index (κ2) is 11.4. The predicted molar refractivity (Wildman–Crippen MR) is 139 cm³/mol. The molecule has 0 bridgehead atoms. The zero-order valence-corrected chi connectivity index (χ0v) is 20.5. The number of carboxylic acids is 1. The number of piperidine rings is 1. The third-order valence-corrected chi connectivity index (χ3v) is 7.66. The van der Waals surface area contributed by atoms with E-state index in [1.165, 1.54) is 11.8 Å².